The van der Waals surface area contributed by atoms with Gasteiger partial charge in [-0.25, -0.2) is 0 Å². The molecular weight excluding hydrogens is 400 g/mol. The van der Waals surface area contributed by atoms with Crippen molar-refractivity contribution in [3.63, 3.8) is 0 Å². The summed E-state index contributed by atoms with van der Waals surface area (Å²) < 4.78 is 22.9. The topological polar surface area (TPSA) is 36.9 Å². The predicted octanol–water partition coefficient (Wildman–Crippen LogP) is 7.40. The molecule has 4 nitrogen and oxygen atoms in total. The molecule has 0 saturated carbocycles. The molecule has 0 aliphatic rings. The Balaban J connectivity index is 1.79. The van der Waals surface area contributed by atoms with Crippen LogP contribution in [0.5, 0.6) is 23.0 Å². The van der Waals surface area contributed by atoms with Gasteiger partial charge < -0.3 is 18.9 Å². The normalized spacial score (nSPS) is 10.6. The maximum atomic E-state index is 5.94. The monoisotopic (exact) mass is 434 g/mol. The Labute approximate surface area is 192 Å². The minimum Gasteiger partial charge on any atom is -0.494 e. The van der Waals surface area contributed by atoms with Crippen LogP contribution in [0.2, 0.25) is 0 Å². The molecule has 0 aromatic heterocycles. The van der Waals surface area contributed by atoms with Crippen LogP contribution in [-0.2, 0) is 0 Å². The first-order valence-corrected chi connectivity index (χ1v) is 11.4. The van der Waals surface area contributed by atoms with Crippen LogP contribution in [0, 0.1) is 0 Å². The van der Waals surface area contributed by atoms with Gasteiger partial charge in [0.2, 0.25) is 5.75 Å². The van der Waals surface area contributed by atoms with E-state index in [-0.39, 0.29) is 0 Å². The van der Waals surface area contributed by atoms with Crippen molar-refractivity contribution in [1.82, 2.24) is 0 Å². The summed E-state index contributed by atoms with van der Waals surface area (Å²) in [6.07, 6.45) is 4.27. The second-order valence-corrected chi connectivity index (χ2v) is 7.72. The van der Waals surface area contributed by atoms with Crippen molar-refractivity contribution in [2.75, 3.05) is 27.4 Å². The first-order valence-electron chi connectivity index (χ1n) is 11.4. The fourth-order valence-electron chi connectivity index (χ4n) is 3.44. The minimum absolute atomic E-state index is 0.639. The summed E-state index contributed by atoms with van der Waals surface area (Å²) in [6, 6.07) is 20.8. The van der Waals surface area contributed by atoms with Crippen LogP contribution in [0.15, 0.2) is 60.7 Å². The Bertz CT molecular complexity index is 937. The smallest absolute Gasteiger partial charge is 0.203 e. The highest BCUT2D eigenvalue weighted by Gasteiger charge is 2.15. The third-order valence-corrected chi connectivity index (χ3v) is 5.38. The van der Waals surface area contributed by atoms with Crippen LogP contribution >= 0.6 is 0 Å². The van der Waals surface area contributed by atoms with Gasteiger partial charge in [-0.3, -0.25) is 0 Å². The molecule has 0 heterocycles. The summed E-state index contributed by atoms with van der Waals surface area (Å²) in [7, 11) is 3.31. The SMILES string of the molecule is CCCCOc1ccc(-c2ccc(-c3cc(OC)c(OCCCC)c(OC)c3)cc2)cc1. The number of benzene rings is 3. The average Bonchev–Trinajstić information content (AvgIpc) is 2.84. The second-order valence-electron chi connectivity index (χ2n) is 7.72. The Morgan fingerprint density at radius 3 is 1.47 bits per heavy atom. The van der Waals surface area contributed by atoms with E-state index in [4.69, 9.17) is 18.9 Å². The molecule has 0 aliphatic heterocycles. The Morgan fingerprint density at radius 2 is 1.00 bits per heavy atom. The largest absolute Gasteiger partial charge is 0.494 e. The highest BCUT2D eigenvalue weighted by Crippen LogP contribution is 2.41. The van der Waals surface area contributed by atoms with Crippen LogP contribution in [-0.4, -0.2) is 27.4 Å². The number of unbranched alkanes of at least 4 members (excludes halogenated alkanes) is 2. The van der Waals surface area contributed by atoms with Gasteiger partial charge in [-0.15, -0.1) is 0 Å². The molecule has 3 aromatic carbocycles. The quantitative estimate of drug-likeness (QED) is 0.278. The van der Waals surface area contributed by atoms with Gasteiger partial charge in [0.25, 0.3) is 0 Å². The zero-order valence-corrected chi connectivity index (χ0v) is 19.6. The first kappa shape index (κ1) is 23.5. The molecule has 0 atom stereocenters. The van der Waals surface area contributed by atoms with Crippen molar-refractivity contribution in [1.29, 1.82) is 0 Å². The maximum absolute atomic E-state index is 5.94. The van der Waals surface area contributed by atoms with Gasteiger partial charge in [-0.05, 0) is 59.4 Å². The van der Waals surface area contributed by atoms with Crippen molar-refractivity contribution in [3.8, 4) is 45.3 Å². The van der Waals surface area contributed by atoms with E-state index in [0.29, 0.717) is 23.9 Å². The molecule has 0 N–H and O–H groups in total. The molecular formula is C28H34O4. The van der Waals surface area contributed by atoms with Crippen molar-refractivity contribution < 1.29 is 18.9 Å². The average molecular weight is 435 g/mol. The standard InChI is InChI=1S/C28H34O4/c1-5-7-17-31-25-15-13-22(14-16-25)21-9-11-23(12-10-21)24-19-26(29-3)28(27(20-24)30-4)32-18-8-6-2/h9-16,19-20H,5-8,17-18H2,1-4H3. The fraction of sp³-hybridized carbons (Fsp3) is 0.357. The predicted molar refractivity (Wildman–Crippen MR) is 131 cm³/mol. The Morgan fingerprint density at radius 1 is 0.562 bits per heavy atom. The molecule has 0 aliphatic carbocycles. The molecule has 32 heavy (non-hydrogen) atoms. The van der Waals surface area contributed by atoms with E-state index in [9.17, 15) is 0 Å². The molecule has 3 aromatic rings. The number of hydrogen-bond acceptors (Lipinski definition) is 4. The van der Waals surface area contributed by atoms with E-state index in [0.717, 1.165) is 60.3 Å². The number of hydrogen-bond donors (Lipinski definition) is 0. The Hall–Kier alpha value is -3.14. The van der Waals surface area contributed by atoms with Gasteiger partial charge in [0, 0.05) is 0 Å². The summed E-state index contributed by atoms with van der Waals surface area (Å²) in [5.74, 6) is 2.93. The lowest BCUT2D eigenvalue weighted by Gasteiger charge is -2.16. The molecule has 0 fully saturated rings. The van der Waals surface area contributed by atoms with Crippen LogP contribution in [0.1, 0.15) is 39.5 Å². The van der Waals surface area contributed by atoms with Crippen molar-refractivity contribution in [3.05, 3.63) is 60.7 Å². The van der Waals surface area contributed by atoms with E-state index in [2.05, 4.69) is 50.2 Å². The molecule has 0 unspecified atom stereocenters. The zero-order valence-electron chi connectivity index (χ0n) is 19.6. The highest BCUT2D eigenvalue weighted by molar-refractivity contribution is 5.74. The second kappa shape index (κ2) is 12.0. The summed E-state index contributed by atoms with van der Waals surface area (Å²) in [6.45, 7) is 5.71. The minimum atomic E-state index is 0.639. The first-order chi connectivity index (χ1) is 15.7. The third-order valence-electron chi connectivity index (χ3n) is 5.38. The number of ether oxygens (including phenoxy) is 4. The lowest BCUT2D eigenvalue weighted by Crippen LogP contribution is -2.01. The van der Waals surface area contributed by atoms with E-state index in [1.54, 1.807) is 14.2 Å². The highest BCUT2D eigenvalue weighted by atomic mass is 16.5. The molecule has 0 spiro atoms. The molecule has 0 radical (unpaired) electrons. The summed E-state index contributed by atoms with van der Waals surface area (Å²) >= 11 is 0. The Kier molecular flexibility index (Phi) is 8.85. The molecule has 0 amide bonds. The molecule has 170 valence electrons. The van der Waals surface area contributed by atoms with Crippen LogP contribution in [0.4, 0.5) is 0 Å². The van der Waals surface area contributed by atoms with E-state index in [1.165, 1.54) is 0 Å². The molecule has 3 rings (SSSR count). The third kappa shape index (κ3) is 5.97. The van der Waals surface area contributed by atoms with Crippen molar-refractivity contribution in [2.45, 2.75) is 39.5 Å². The van der Waals surface area contributed by atoms with Gasteiger partial charge in [0.1, 0.15) is 5.75 Å². The van der Waals surface area contributed by atoms with E-state index < -0.39 is 0 Å². The van der Waals surface area contributed by atoms with Gasteiger partial charge in [-0.2, -0.15) is 0 Å². The molecule has 0 saturated heterocycles. The van der Waals surface area contributed by atoms with Gasteiger partial charge >= 0.3 is 0 Å². The summed E-state index contributed by atoms with van der Waals surface area (Å²) in [5, 5.41) is 0. The van der Waals surface area contributed by atoms with Crippen molar-refractivity contribution >= 4 is 0 Å². The van der Waals surface area contributed by atoms with E-state index in [1.807, 2.05) is 24.3 Å². The maximum Gasteiger partial charge on any atom is 0.203 e. The molecule has 4 heteroatoms. The number of rotatable bonds is 12. The summed E-state index contributed by atoms with van der Waals surface area (Å²) in [4.78, 5) is 0. The molecule has 0 bridgehead atoms. The fourth-order valence-corrected chi connectivity index (χ4v) is 3.44. The number of methoxy groups -OCH3 is 2. The van der Waals surface area contributed by atoms with E-state index >= 15 is 0 Å². The van der Waals surface area contributed by atoms with Gasteiger partial charge in [0.05, 0.1) is 27.4 Å². The van der Waals surface area contributed by atoms with Crippen molar-refractivity contribution in [2.24, 2.45) is 0 Å². The zero-order chi connectivity index (χ0) is 22.8. The van der Waals surface area contributed by atoms with Gasteiger partial charge in [0.15, 0.2) is 11.5 Å². The van der Waals surface area contributed by atoms with Crippen LogP contribution in [0.3, 0.4) is 0 Å². The van der Waals surface area contributed by atoms with Crippen LogP contribution < -0.4 is 18.9 Å². The summed E-state index contributed by atoms with van der Waals surface area (Å²) in [5.41, 5.74) is 4.43. The van der Waals surface area contributed by atoms with Gasteiger partial charge in [-0.1, -0.05) is 63.1 Å². The van der Waals surface area contributed by atoms with Crippen LogP contribution in [0.25, 0.3) is 22.3 Å². The lowest BCUT2D eigenvalue weighted by atomic mass is 9.99. The lowest BCUT2D eigenvalue weighted by molar-refractivity contribution is 0.270.